The van der Waals surface area contributed by atoms with E-state index in [0.717, 1.165) is 18.6 Å². The second kappa shape index (κ2) is 6.02. The fourth-order valence-corrected chi connectivity index (χ4v) is 3.55. The first-order valence-corrected chi connectivity index (χ1v) is 7.21. The Hall–Kier alpha value is -0.0800. The summed E-state index contributed by atoms with van der Waals surface area (Å²) < 4.78 is 0. The molecule has 2 fully saturated rings. The van der Waals surface area contributed by atoms with E-state index in [1.807, 2.05) is 6.92 Å². The predicted molar refractivity (Wildman–Crippen MR) is 67.5 cm³/mol. The maximum atomic E-state index is 9.67. The van der Waals surface area contributed by atoms with Crippen molar-refractivity contribution >= 4 is 0 Å². The lowest BCUT2D eigenvalue weighted by atomic mass is 9.92. The van der Waals surface area contributed by atoms with Gasteiger partial charge in [0.05, 0.1) is 6.10 Å². The van der Waals surface area contributed by atoms with Crippen molar-refractivity contribution in [1.82, 2.24) is 4.90 Å². The van der Waals surface area contributed by atoms with E-state index in [4.69, 9.17) is 0 Å². The predicted octanol–water partition coefficient (Wildman–Crippen LogP) is 2.94. The lowest BCUT2D eigenvalue weighted by Crippen LogP contribution is -2.46. The van der Waals surface area contributed by atoms with Crippen LogP contribution in [0, 0.1) is 0 Å². The number of rotatable bonds is 4. The van der Waals surface area contributed by atoms with Crippen molar-refractivity contribution in [2.45, 2.75) is 82.9 Å². The van der Waals surface area contributed by atoms with Gasteiger partial charge in [-0.3, -0.25) is 4.90 Å². The van der Waals surface area contributed by atoms with Crippen LogP contribution < -0.4 is 0 Å². The summed E-state index contributed by atoms with van der Waals surface area (Å²) in [6.07, 6.45) is 12.3. The van der Waals surface area contributed by atoms with Crippen LogP contribution in [0.25, 0.3) is 0 Å². The van der Waals surface area contributed by atoms with Crippen LogP contribution in [0.4, 0.5) is 0 Å². The third kappa shape index (κ3) is 3.21. The van der Waals surface area contributed by atoms with E-state index in [0.29, 0.717) is 0 Å². The molecule has 0 amide bonds. The first kappa shape index (κ1) is 12.4. The maximum Gasteiger partial charge on any atom is 0.0639 e. The minimum absolute atomic E-state index is 0.164. The molecule has 0 aromatic carbocycles. The van der Waals surface area contributed by atoms with Gasteiger partial charge in [0.1, 0.15) is 0 Å². The topological polar surface area (TPSA) is 23.5 Å². The van der Waals surface area contributed by atoms with E-state index >= 15 is 0 Å². The molecule has 0 saturated heterocycles. The molecule has 1 unspecified atom stereocenters. The lowest BCUT2D eigenvalue weighted by Gasteiger charge is -2.39. The molecule has 2 saturated carbocycles. The Morgan fingerprint density at radius 2 is 1.38 bits per heavy atom. The van der Waals surface area contributed by atoms with Crippen molar-refractivity contribution in [3.05, 3.63) is 0 Å². The van der Waals surface area contributed by atoms with Gasteiger partial charge < -0.3 is 5.11 Å². The Labute approximate surface area is 100 Å². The van der Waals surface area contributed by atoms with Crippen molar-refractivity contribution < 1.29 is 5.11 Å². The van der Waals surface area contributed by atoms with Crippen LogP contribution in [-0.4, -0.2) is 34.7 Å². The van der Waals surface area contributed by atoms with E-state index in [-0.39, 0.29) is 6.10 Å². The van der Waals surface area contributed by atoms with Crippen molar-refractivity contribution in [3.63, 3.8) is 0 Å². The summed E-state index contributed by atoms with van der Waals surface area (Å²) in [7, 11) is 0. The van der Waals surface area contributed by atoms with E-state index in [9.17, 15) is 5.11 Å². The average Bonchev–Trinajstić information content (AvgIpc) is 2.80. The Balaban J connectivity index is 1.94. The van der Waals surface area contributed by atoms with Crippen LogP contribution in [0.5, 0.6) is 0 Å². The fraction of sp³-hybridized carbons (Fsp3) is 1.00. The SMILES string of the molecule is CC(O)CN(C1CCCCC1)C1CCCC1. The van der Waals surface area contributed by atoms with Crippen LogP contribution in [0.1, 0.15) is 64.7 Å². The van der Waals surface area contributed by atoms with Gasteiger partial charge in [-0.1, -0.05) is 32.1 Å². The number of aliphatic hydroxyl groups is 1. The molecular weight excluding hydrogens is 198 g/mol. The minimum atomic E-state index is -0.164. The number of nitrogens with zero attached hydrogens (tertiary/aromatic N) is 1. The number of hydrogen-bond acceptors (Lipinski definition) is 2. The van der Waals surface area contributed by atoms with Crippen molar-refractivity contribution in [1.29, 1.82) is 0 Å². The highest BCUT2D eigenvalue weighted by molar-refractivity contribution is 4.85. The Kier molecular flexibility index (Phi) is 4.66. The summed E-state index contributed by atoms with van der Waals surface area (Å²) >= 11 is 0. The van der Waals surface area contributed by atoms with Crippen LogP contribution in [0.2, 0.25) is 0 Å². The standard InChI is InChI=1S/C14H27NO/c1-12(16)11-15(14-9-5-6-10-14)13-7-3-2-4-8-13/h12-14,16H,2-11H2,1H3. The van der Waals surface area contributed by atoms with Gasteiger partial charge in [-0.05, 0) is 32.6 Å². The van der Waals surface area contributed by atoms with Crippen LogP contribution in [0.15, 0.2) is 0 Å². The summed E-state index contributed by atoms with van der Waals surface area (Å²) in [6.45, 7) is 2.83. The third-order valence-electron chi connectivity index (χ3n) is 4.31. The molecule has 2 heteroatoms. The number of hydrogen-bond donors (Lipinski definition) is 1. The average molecular weight is 225 g/mol. The third-order valence-corrected chi connectivity index (χ3v) is 4.31. The molecule has 0 aliphatic heterocycles. The highest BCUT2D eigenvalue weighted by Crippen LogP contribution is 2.30. The van der Waals surface area contributed by atoms with Gasteiger partial charge in [0, 0.05) is 18.6 Å². The van der Waals surface area contributed by atoms with Gasteiger partial charge in [-0.25, -0.2) is 0 Å². The molecule has 0 aromatic rings. The largest absolute Gasteiger partial charge is 0.392 e. The van der Waals surface area contributed by atoms with Gasteiger partial charge in [-0.15, -0.1) is 0 Å². The quantitative estimate of drug-likeness (QED) is 0.795. The van der Waals surface area contributed by atoms with E-state index in [2.05, 4.69) is 4.90 Å². The monoisotopic (exact) mass is 225 g/mol. The lowest BCUT2D eigenvalue weighted by molar-refractivity contribution is 0.0508. The molecule has 94 valence electrons. The van der Waals surface area contributed by atoms with Crippen molar-refractivity contribution in [3.8, 4) is 0 Å². The summed E-state index contributed by atoms with van der Waals surface area (Å²) in [6, 6.07) is 1.55. The Bertz CT molecular complexity index is 193. The zero-order valence-corrected chi connectivity index (χ0v) is 10.7. The smallest absolute Gasteiger partial charge is 0.0639 e. The molecule has 2 aliphatic carbocycles. The molecule has 2 aliphatic rings. The summed E-state index contributed by atoms with van der Waals surface area (Å²) in [4.78, 5) is 2.65. The van der Waals surface area contributed by atoms with Gasteiger partial charge in [0.15, 0.2) is 0 Å². The van der Waals surface area contributed by atoms with Crippen molar-refractivity contribution in [2.75, 3.05) is 6.54 Å². The van der Waals surface area contributed by atoms with E-state index < -0.39 is 0 Å². The summed E-state index contributed by atoms with van der Waals surface area (Å²) in [5.74, 6) is 0. The second-order valence-corrected chi connectivity index (χ2v) is 5.78. The first-order valence-electron chi connectivity index (χ1n) is 7.21. The first-order chi connectivity index (χ1) is 7.77. The summed E-state index contributed by atoms with van der Waals surface area (Å²) in [5.41, 5.74) is 0. The maximum absolute atomic E-state index is 9.67. The van der Waals surface area contributed by atoms with Gasteiger partial charge in [0.2, 0.25) is 0 Å². The molecule has 0 bridgehead atoms. The van der Waals surface area contributed by atoms with Gasteiger partial charge in [-0.2, -0.15) is 0 Å². The number of aliphatic hydroxyl groups excluding tert-OH is 1. The molecule has 2 rings (SSSR count). The van der Waals surface area contributed by atoms with Gasteiger partial charge >= 0.3 is 0 Å². The molecule has 2 nitrogen and oxygen atoms in total. The minimum Gasteiger partial charge on any atom is -0.392 e. The highest BCUT2D eigenvalue weighted by Gasteiger charge is 2.30. The van der Waals surface area contributed by atoms with Crippen LogP contribution >= 0.6 is 0 Å². The van der Waals surface area contributed by atoms with Crippen LogP contribution in [-0.2, 0) is 0 Å². The molecule has 0 aromatic heterocycles. The molecule has 0 radical (unpaired) electrons. The van der Waals surface area contributed by atoms with Crippen molar-refractivity contribution in [2.24, 2.45) is 0 Å². The molecular formula is C14H27NO. The second-order valence-electron chi connectivity index (χ2n) is 5.78. The molecule has 1 N–H and O–H groups in total. The molecule has 0 spiro atoms. The van der Waals surface area contributed by atoms with E-state index in [1.165, 1.54) is 57.8 Å². The molecule has 0 heterocycles. The van der Waals surface area contributed by atoms with Gasteiger partial charge in [0.25, 0.3) is 0 Å². The Morgan fingerprint density at radius 1 is 0.938 bits per heavy atom. The zero-order chi connectivity index (χ0) is 11.4. The molecule has 16 heavy (non-hydrogen) atoms. The highest BCUT2D eigenvalue weighted by atomic mass is 16.3. The summed E-state index contributed by atoms with van der Waals surface area (Å²) in [5, 5.41) is 9.67. The zero-order valence-electron chi connectivity index (χ0n) is 10.7. The molecule has 1 atom stereocenters. The van der Waals surface area contributed by atoms with E-state index in [1.54, 1.807) is 0 Å². The fourth-order valence-electron chi connectivity index (χ4n) is 3.55. The Morgan fingerprint density at radius 3 is 1.81 bits per heavy atom. The van der Waals surface area contributed by atoms with Crippen LogP contribution in [0.3, 0.4) is 0 Å². The normalized spacial score (nSPS) is 26.4.